The number of rotatable bonds is 11. The highest BCUT2D eigenvalue weighted by molar-refractivity contribution is 5.94. The lowest BCUT2D eigenvalue weighted by Gasteiger charge is -2.19. The minimum atomic E-state index is -1.20. The smallest absolute Gasteiger partial charge is 0.254 e. The van der Waals surface area contributed by atoms with E-state index in [1.165, 1.54) is 13.2 Å². The van der Waals surface area contributed by atoms with E-state index in [0.29, 0.717) is 12.2 Å². The zero-order valence-corrected chi connectivity index (χ0v) is 18.1. The van der Waals surface area contributed by atoms with E-state index >= 15 is 0 Å². The molecule has 0 bridgehead atoms. The van der Waals surface area contributed by atoms with Gasteiger partial charge in [-0.2, -0.15) is 0 Å². The number of nitrogen functional groups attached to an aromatic ring is 1. The van der Waals surface area contributed by atoms with Gasteiger partial charge < -0.3 is 30.4 Å². The zero-order valence-electron chi connectivity index (χ0n) is 17.3. The number of nitrogens with two attached hydrogens (primary N) is 1. The van der Waals surface area contributed by atoms with Gasteiger partial charge in [-0.3, -0.25) is 10.2 Å². The van der Waals surface area contributed by atoms with Crippen LogP contribution in [0.1, 0.15) is 29.7 Å². The van der Waals surface area contributed by atoms with Crippen molar-refractivity contribution in [2.24, 2.45) is 5.73 Å². The van der Waals surface area contributed by atoms with Crippen LogP contribution in [-0.4, -0.2) is 43.8 Å². The van der Waals surface area contributed by atoms with Crippen molar-refractivity contribution in [3.63, 3.8) is 0 Å². The van der Waals surface area contributed by atoms with Crippen molar-refractivity contribution >= 4 is 24.1 Å². The predicted octanol–water partition coefficient (Wildman–Crippen LogP) is 2.31. The maximum Gasteiger partial charge on any atom is 0.254 e. The molecule has 0 saturated heterocycles. The predicted molar refractivity (Wildman–Crippen MR) is 116 cm³/mol. The highest BCUT2D eigenvalue weighted by Gasteiger charge is 2.26. The summed E-state index contributed by atoms with van der Waals surface area (Å²) in [4.78, 5) is 12.6. The van der Waals surface area contributed by atoms with Crippen LogP contribution in [0.5, 0.6) is 11.5 Å². The fourth-order valence-electron chi connectivity index (χ4n) is 2.75. The molecule has 0 heterocycles. The number of carbonyl (C=O) groups is 1. The van der Waals surface area contributed by atoms with Gasteiger partial charge in [-0.05, 0) is 18.6 Å². The molecule has 2 aromatic rings. The first kappa shape index (κ1) is 26.2. The minimum absolute atomic E-state index is 0. The number of amidine groups is 1. The zero-order chi connectivity index (χ0) is 22.1. The Balaban J connectivity index is 0.00000480. The van der Waals surface area contributed by atoms with Crippen molar-refractivity contribution in [2.45, 2.75) is 19.6 Å². The minimum Gasteiger partial charge on any atom is -0.490 e. The Morgan fingerprint density at radius 3 is 2.42 bits per heavy atom. The molecule has 0 saturated carbocycles. The van der Waals surface area contributed by atoms with Crippen LogP contribution in [0.25, 0.3) is 0 Å². The first-order valence-electron chi connectivity index (χ1n) is 9.35. The van der Waals surface area contributed by atoms with Gasteiger partial charge in [0.25, 0.3) is 5.91 Å². The normalized spacial score (nSPS) is 11.2. The molecule has 1 unspecified atom stereocenters. The molecule has 0 radical (unpaired) electrons. The van der Waals surface area contributed by atoms with Crippen molar-refractivity contribution in [1.29, 1.82) is 5.41 Å². The van der Waals surface area contributed by atoms with Crippen molar-refractivity contribution in [2.75, 3.05) is 26.9 Å². The molecule has 10 heteroatoms. The lowest BCUT2D eigenvalue weighted by atomic mass is 10.1. The van der Waals surface area contributed by atoms with E-state index in [1.807, 2.05) is 0 Å². The lowest BCUT2D eigenvalue weighted by molar-refractivity contribution is -0.131. The van der Waals surface area contributed by atoms with Crippen LogP contribution >= 0.6 is 12.4 Å². The summed E-state index contributed by atoms with van der Waals surface area (Å²) in [6.07, 6.45) is -1.20. The number of halogens is 2. The Kier molecular flexibility index (Phi) is 10.7. The van der Waals surface area contributed by atoms with Crippen LogP contribution in [0.4, 0.5) is 4.39 Å². The SMILES string of the molecule is CCOc1cc(C(OC)C(=O)NCc2ccc(C(=N)N)cc2)c(F)cc1OCCO.Cl. The van der Waals surface area contributed by atoms with Crippen molar-refractivity contribution in [3.05, 3.63) is 58.9 Å². The molecular weight excluding hydrogens is 429 g/mol. The van der Waals surface area contributed by atoms with Gasteiger partial charge in [-0.25, -0.2) is 4.39 Å². The summed E-state index contributed by atoms with van der Waals surface area (Å²) in [5.74, 6) is -0.889. The molecule has 170 valence electrons. The van der Waals surface area contributed by atoms with E-state index in [-0.39, 0.29) is 55.1 Å². The fraction of sp³-hybridized carbons (Fsp3) is 0.333. The van der Waals surface area contributed by atoms with E-state index in [2.05, 4.69) is 5.32 Å². The first-order chi connectivity index (χ1) is 14.4. The number of hydrogen-bond acceptors (Lipinski definition) is 6. The third kappa shape index (κ3) is 7.09. The number of methoxy groups -OCH3 is 1. The summed E-state index contributed by atoms with van der Waals surface area (Å²) >= 11 is 0. The van der Waals surface area contributed by atoms with E-state index in [1.54, 1.807) is 31.2 Å². The molecule has 0 aliphatic heterocycles. The number of ether oxygens (including phenoxy) is 3. The van der Waals surface area contributed by atoms with Crippen LogP contribution in [0.3, 0.4) is 0 Å². The summed E-state index contributed by atoms with van der Waals surface area (Å²) in [7, 11) is 1.31. The van der Waals surface area contributed by atoms with Gasteiger partial charge >= 0.3 is 0 Å². The second kappa shape index (κ2) is 12.7. The van der Waals surface area contributed by atoms with Gasteiger partial charge in [0.15, 0.2) is 17.6 Å². The molecule has 0 aromatic heterocycles. The Bertz CT molecular complexity index is 880. The maximum absolute atomic E-state index is 14.7. The number of hydrogen-bond donors (Lipinski definition) is 4. The van der Waals surface area contributed by atoms with Crippen molar-refractivity contribution in [3.8, 4) is 11.5 Å². The molecule has 5 N–H and O–H groups in total. The van der Waals surface area contributed by atoms with E-state index in [4.69, 9.17) is 30.5 Å². The number of aliphatic hydroxyl groups is 1. The average molecular weight is 456 g/mol. The molecule has 0 aliphatic carbocycles. The third-order valence-corrected chi connectivity index (χ3v) is 4.20. The van der Waals surface area contributed by atoms with Gasteiger partial charge in [-0.15, -0.1) is 12.4 Å². The van der Waals surface area contributed by atoms with E-state index in [9.17, 15) is 9.18 Å². The third-order valence-electron chi connectivity index (χ3n) is 4.20. The summed E-state index contributed by atoms with van der Waals surface area (Å²) in [5, 5.41) is 19.0. The molecule has 2 aromatic carbocycles. The second-order valence-corrected chi connectivity index (χ2v) is 6.27. The van der Waals surface area contributed by atoms with E-state index in [0.717, 1.165) is 11.6 Å². The molecule has 0 aliphatic rings. The number of amides is 1. The van der Waals surface area contributed by atoms with Crippen LogP contribution in [0.15, 0.2) is 36.4 Å². The first-order valence-corrected chi connectivity index (χ1v) is 9.35. The van der Waals surface area contributed by atoms with Gasteiger partial charge in [-0.1, -0.05) is 24.3 Å². The van der Waals surface area contributed by atoms with Crippen LogP contribution < -0.4 is 20.5 Å². The molecule has 1 amide bonds. The van der Waals surface area contributed by atoms with Crippen molar-refractivity contribution < 1.29 is 28.5 Å². The van der Waals surface area contributed by atoms with Gasteiger partial charge in [0.2, 0.25) is 0 Å². The second-order valence-electron chi connectivity index (χ2n) is 6.27. The molecule has 2 rings (SSSR count). The molecule has 0 spiro atoms. The van der Waals surface area contributed by atoms with Crippen LogP contribution in [0, 0.1) is 11.2 Å². The summed E-state index contributed by atoms with van der Waals surface area (Å²) < 4.78 is 30.7. The maximum atomic E-state index is 14.7. The van der Waals surface area contributed by atoms with Crippen molar-refractivity contribution in [1.82, 2.24) is 5.32 Å². The molecule has 8 nitrogen and oxygen atoms in total. The van der Waals surface area contributed by atoms with Gasteiger partial charge in [0.1, 0.15) is 18.3 Å². The Hall–Kier alpha value is -2.88. The van der Waals surface area contributed by atoms with Crippen LogP contribution in [0.2, 0.25) is 0 Å². The largest absolute Gasteiger partial charge is 0.490 e. The standard InChI is InChI=1S/C21H26FN3O5.ClH/c1-3-29-17-10-15(16(22)11-18(17)30-9-8-26)19(28-2)21(27)25-12-13-4-6-14(7-5-13)20(23)24;/h4-7,10-11,19,26H,3,8-9,12H2,1-2H3,(H3,23,24)(H,25,27);1H. The summed E-state index contributed by atoms with van der Waals surface area (Å²) in [6.45, 7) is 2.01. The lowest BCUT2D eigenvalue weighted by Crippen LogP contribution is -2.30. The Morgan fingerprint density at radius 1 is 1.23 bits per heavy atom. The molecule has 1 atom stereocenters. The summed E-state index contributed by atoms with van der Waals surface area (Å²) in [6, 6.07) is 9.30. The number of nitrogens with one attached hydrogen (secondary N) is 2. The monoisotopic (exact) mass is 455 g/mol. The van der Waals surface area contributed by atoms with Crippen LogP contribution in [-0.2, 0) is 16.1 Å². The number of benzene rings is 2. The molecular formula is C21H27ClFN3O5. The quantitative estimate of drug-likeness (QED) is 0.304. The summed E-state index contributed by atoms with van der Waals surface area (Å²) in [5.41, 5.74) is 6.79. The van der Waals surface area contributed by atoms with E-state index < -0.39 is 17.8 Å². The molecule has 31 heavy (non-hydrogen) atoms. The number of aliphatic hydroxyl groups excluding tert-OH is 1. The fourth-order valence-corrected chi connectivity index (χ4v) is 2.75. The highest BCUT2D eigenvalue weighted by atomic mass is 35.5. The average Bonchev–Trinajstić information content (AvgIpc) is 2.74. The van der Waals surface area contributed by atoms with Gasteiger partial charge in [0.05, 0.1) is 13.2 Å². The Labute approximate surface area is 186 Å². The molecule has 0 fully saturated rings. The Morgan fingerprint density at radius 2 is 1.87 bits per heavy atom. The van der Waals surface area contributed by atoms with Gasteiger partial charge in [0, 0.05) is 30.8 Å². The highest BCUT2D eigenvalue weighted by Crippen LogP contribution is 2.34. The topological polar surface area (TPSA) is 127 Å². The number of carbonyl (C=O) groups excluding carboxylic acids is 1.